The van der Waals surface area contributed by atoms with Gasteiger partial charge in [-0.15, -0.1) is 0 Å². The number of hydrogen-bond donors (Lipinski definition) is 1. The summed E-state index contributed by atoms with van der Waals surface area (Å²) in [6.07, 6.45) is 0. The highest BCUT2D eigenvalue weighted by atomic mass is 79.9. The van der Waals surface area contributed by atoms with Crippen molar-refractivity contribution in [2.45, 2.75) is 11.8 Å². The molecule has 134 valence electrons. The van der Waals surface area contributed by atoms with Gasteiger partial charge in [-0.05, 0) is 63.0 Å². The Morgan fingerprint density at radius 1 is 1.28 bits per heavy atom. The lowest BCUT2D eigenvalue weighted by Gasteiger charge is -2.18. The van der Waals surface area contributed by atoms with Gasteiger partial charge in [0.05, 0.1) is 6.54 Å². The summed E-state index contributed by atoms with van der Waals surface area (Å²) in [6.45, 7) is 1.35. The monoisotopic (exact) mass is 493 g/mol. The number of nitrogens with one attached hydrogen (secondary N) is 1. The fourth-order valence-corrected chi connectivity index (χ4v) is 5.58. The summed E-state index contributed by atoms with van der Waals surface area (Å²) < 4.78 is 39.7. The standard InChI is InChI=1S/C15H14Br2FN3O3S/c1-9-4-3-5-13(19-9)20-14(22)8-21(2)25(23,24)15-11(16)6-10(18)7-12(15)17/h3-7H,8H2,1-2H3,(H,19,20,22). The van der Waals surface area contributed by atoms with E-state index in [-0.39, 0.29) is 13.8 Å². The SMILES string of the molecule is Cc1cccc(NC(=O)CN(C)S(=O)(=O)c2c(Br)cc(F)cc2Br)n1. The molecule has 0 radical (unpaired) electrons. The molecule has 2 aromatic rings. The minimum Gasteiger partial charge on any atom is -0.310 e. The molecule has 1 aromatic heterocycles. The normalized spacial score (nSPS) is 11.6. The number of amides is 1. The third kappa shape index (κ3) is 4.84. The van der Waals surface area contributed by atoms with Gasteiger partial charge in [0.1, 0.15) is 16.5 Å². The molecule has 10 heteroatoms. The Morgan fingerprint density at radius 2 is 1.88 bits per heavy atom. The summed E-state index contributed by atoms with van der Waals surface area (Å²) in [7, 11) is -2.76. The number of sulfonamides is 1. The van der Waals surface area contributed by atoms with E-state index in [0.29, 0.717) is 5.82 Å². The Labute approximate surface area is 161 Å². The first-order chi connectivity index (χ1) is 11.6. The van der Waals surface area contributed by atoms with Gasteiger partial charge >= 0.3 is 0 Å². The van der Waals surface area contributed by atoms with Gasteiger partial charge in [-0.3, -0.25) is 4.79 Å². The minimum atomic E-state index is -4.02. The molecule has 25 heavy (non-hydrogen) atoms. The summed E-state index contributed by atoms with van der Waals surface area (Å²) in [4.78, 5) is 16.1. The fraction of sp³-hybridized carbons (Fsp3) is 0.200. The van der Waals surface area contributed by atoms with E-state index in [1.165, 1.54) is 7.05 Å². The van der Waals surface area contributed by atoms with Crippen molar-refractivity contribution in [2.75, 3.05) is 18.9 Å². The van der Waals surface area contributed by atoms with Crippen LogP contribution in [0.15, 0.2) is 44.2 Å². The van der Waals surface area contributed by atoms with Gasteiger partial charge in [0.15, 0.2) is 0 Å². The second-order valence-electron chi connectivity index (χ2n) is 5.17. The van der Waals surface area contributed by atoms with E-state index in [1.807, 2.05) is 0 Å². The van der Waals surface area contributed by atoms with Crippen molar-refractivity contribution in [2.24, 2.45) is 0 Å². The van der Waals surface area contributed by atoms with Gasteiger partial charge in [0, 0.05) is 21.7 Å². The van der Waals surface area contributed by atoms with Crippen molar-refractivity contribution < 1.29 is 17.6 Å². The number of carbonyl (C=O) groups is 1. The molecule has 0 fully saturated rings. The molecule has 0 unspecified atom stereocenters. The van der Waals surface area contributed by atoms with Crippen LogP contribution in [-0.2, 0) is 14.8 Å². The summed E-state index contributed by atoms with van der Waals surface area (Å²) >= 11 is 6.09. The number of hydrogen-bond acceptors (Lipinski definition) is 4. The molecule has 1 amide bonds. The molecule has 1 N–H and O–H groups in total. The van der Waals surface area contributed by atoms with E-state index in [9.17, 15) is 17.6 Å². The maximum absolute atomic E-state index is 13.3. The zero-order valence-corrected chi connectivity index (χ0v) is 17.2. The van der Waals surface area contributed by atoms with Crippen molar-refractivity contribution in [1.29, 1.82) is 0 Å². The molecule has 0 aliphatic heterocycles. The number of aryl methyl sites for hydroxylation is 1. The van der Waals surface area contributed by atoms with Gasteiger partial charge in [0.25, 0.3) is 0 Å². The number of halogens is 3. The van der Waals surface area contributed by atoms with E-state index in [4.69, 9.17) is 0 Å². The van der Waals surface area contributed by atoms with Crippen LogP contribution in [0.5, 0.6) is 0 Å². The maximum Gasteiger partial charge on any atom is 0.245 e. The van der Waals surface area contributed by atoms with Gasteiger partial charge in [-0.1, -0.05) is 6.07 Å². The fourth-order valence-electron chi connectivity index (χ4n) is 2.01. The highest BCUT2D eigenvalue weighted by Crippen LogP contribution is 2.32. The molecule has 0 spiro atoms. The summed E-state index contributed by atoms with van der Waals surface area (Å²) in [5, 5.41) is 2.54. The van der Waals surface area contributed by atoms with E-state index < -0.39 is 28.3 Å². The van der Waals surface area contributed by atoms with Crippen LogP contribution in [-0.4, -0.2) is 37.2 Å². The largest absolute Gasteiger partial charge is 0.310 e. The Hall–Kier alpha value is -1.36. The molecule has 1 aromatic carbocycles. The lowest BCUT2D eigenvalue weighted by molar-refractivity contribution is -0.116. The van der Waals surface area contributed by atoms with Gasteiger partial charge < -0.3 is 5.32 Å². The second kappa shape index (κ2) is 7.90. The van der Waals surface area contributed by atoms with Crippen LogP contribution in [0.25, 0.3) is 0 Å². The third-order valence-corrected chi connectivity index (χ3v) is 6.83. The summed E-state index contributed by atoms with van der Waals surface area (Å²) in [5.41, 5.74) is 0.720. The molecule has 0 atom stereocenters. The predicted molar refractivity (Wildman–Crippen MR) is 99.2 cm³/mol. The van der Waals surface area contributed by atoms with Crippen LogP contribution >= 0.6 is 31.9 Å². The lowest BCUT2D eigenvalue weighted by Crippen LogP contribution is -2.35. The van der Waals surface area contributed by atoms with E-state index >= 15 is 0 Å². The molecule has 6 nitrogen and oxygen atoms in total. The zero-order chi connectivity index (χ0) is 18.8. The molecule has 0 bridgehead atoms. The first kappa shape index (κ1) is 20.0. The van der Waals surface area contributed by atoms with E-state index in [1.54, 1.807) is 25.1 Å². The Balaban J connectivity index is 2.19. The van der Waals surface area contributed by atoms with Crippen molar-refractivity contribution >= 4 is 53.6 Å². The average molecular weight is 495 g/mol. The number of aromatic nitrogens is 1. The number of pyridine rings is 1. The minimum absolute atomic E-state index is 0.0620. The third-order valence-electron chi connectivity index (χ3n) is 3.15. The van der Waals surface area contributed by atoms with Crippen molar-refractivity contribution in [1.82, 2.24) is 9.29 Å². The summed E-state index contributed by atoms with van der Waals surface area (Å²) in [6, 6.07) is 7.19. The number of anilines is 1. The lowest BCUT2D eigenvalue weighted by atomic mass is 10.3. The number of rotatable bonds is 5. The van der Waals surface area contributed by atoms with Crippen molar-refractivity contribution in [3.05, 3.63) is 50.8 Å². The quantitative estimate of drug-likeness (QED) is 0.691. The number of likely N-dealkylation sites (N-methyl/N-ethyl adjacent to an activating group) is 1. The van der Waals surface area contributed by atoms with Crippen molar-refractivity contribution in [3.63, 3.8) is 0 Å². The van der Waals surface area contributed by atoms with Gasteiger partial charge in [-0.2, -0.15) is 4.31 Å². The van der Waals surface area contributed by atoms with Crippen LogP contribution in [0.4, 0.5) is 10.2 Å². The number of nitrogens with zero attached hydrogens (tertiary/aromatic N) is 2. The van der Waals surface area contributed by atoms with Crippen LogP contribution < -0.4 is 5.32 Å². The van der Waals surface area contributed by atoms with Crippen LogP contribution in [0.2, 0.25) is 0 Å². The summed E-state index contributed by atoms with van der Waals surface area (Å²) in [5.74, 6) is -0.804. The van der Waals surface area contributed by atoms with Crippen LogP contribution in [0, 0.1) is 12.7 Å². The average Bonchev–Trinajstić information content (AvgIpc) is 2.45. The molecule has 0 aliphatic rings. The maximum atomic E-state index is 13.3. The Kier molecular flexibility index (Phi) is 6.30. The van der Waals surface area contributed by atoms with Gasteiger partial charge in [0.2, 0.25) is 15.9 Å². The molecule has 0 saturated heterocycles. The number of carbonyl (C=O) groups excluding carboxylic acids is 1. The van der Waals surface area contributed by atoms with E-state index in [2.05, 4.69) is 42.2 Å². The highest BCUT2D eigenvalue weighted by molar-refractivity contribution is 9.11. The molecule has 1 heterocycles. The molecular weight excluding hydrogens is 481 g/mol. The topological polar surface area (TPSA) is 79.4 Å². The van der Waals surface area contributed by atoms with Gasteiger partial charge in [-0.25, -0.2) is 17.8 Å². The van der Waals surface area contributed by atoms with E-state index in [0.717, 1.165) is 22.1 Å². The molecule has 2 rings (SSSR count). The zero-order valence-electron chi connectivity index (χ0n) is 13.3. The molecule has 0 aliphatic carbocycles. The predicted octanol–water partition coefficient (Wildman–Crippen LogP) is 3.31. The smallest absolute Gasteiger partial charge is 0.245 e. The van der Waals surface area contributed by atoms with Crippen molar-refractivity contribution in [3.8, 4) is 0 Å². The Bertz CT molecular complexity index is 899. The first-order valence-corrected chi connectivity index (χ1v) is 9.98. The second-order valence-corrected chi connectivity index (χ2v) is 8.86. The first-order valence-electron chi connectivity index (χ1n) is 6.95. The molecular formula is C15H14Br2FN3O3S. The van der Waals surface area contributed by atoms with Crippen LogP contribution in [0.1, 0.15) is 5.69 Å². The number of benzene rings is 1. The highest BCUT2D eigenvalue weighted by Gasteiger charge is 2.28. The Morgan fingerprint density at radius 3 is 2.44 bits per heavy atom. The molecule has 0 saturated carbocycles. The van der Waals surface area contributed by atoms with Crippen LogP contribution in [0.3, 0.4) is 0 Å².